The van der Waals surface area contributed by atoms with Crippen molar-refractivity contribution < 1.29 is 4.79 Å². The fourth-order valence-electron chi connectivity index (χ4n) is 3.17. The van der Waals surface area contributed by atoms with Gasteiger partial charge in [-0.2, -0.15) is 5.10 Å². The van der Waals surface area contributed by atoms with Crippen molar-refractivity contribution in [2.45, 2.75) is 25.8 Å². The first kappa shape index (κ1) is 15.7. The van der Waals surface area contributed by atoms with Crippen LogP contribution in [0, 0.1) is 0 Å². The topological polar surface area (TPSA) is 41.4 Å². The Balaban J connectivity index is 1.65. The molecule has 0 bridgehead atoms. The monoisotopic (exact) mass is 312 g/mol. The predicted octanol–water partition coefficient (Wildman–Crippen LogP) is 2.43. The van der Waals surface area contributed by atoms with Gasteiger partial charge in [-0.15, -0.1) is 0 Å². The van der Waals surface area contributed by atoms with Gasteiger partial charge in [-0.1, -0.05) is 6.92 Å². The number of carbonyl (C=O) groups is 1. The van der Waals surface area contributed by atoms with Crippen LogP contribution in [0.25, 0.3) is 5.69 Å². The number of amides is 1. The van der Waals surface area contributed by atoms with Gasteiger partial charge in [0.05, 0.1) is 5.69 Å². The maximum Gasteiger partial charge on any atom is 0.253 e. The molecule has 1 aromatic carbocycles. The van der Waals surface area contributed by atoms with Crippen molar-refractivity contribution in [1.82, 2.24) is 19.6 Å². The molecule has 0 N–H and O–H groups in total. The molecule has 0 saturated carbocycles. The van der Waals surface area contributed by atoms with Crippen LogP contribution in [0.3, 0.4) is 0 Å². The van der Waals surface area contributed by atoms with Crippen LogP contribution in [0.5, 0.6) is 0 Å². The van der Waals surface area contributed by atoms with Crippen molar-refractivity contribution in [3.05, 3.63) is 48.3 Å². The number of nitrogens with zero attached hydrogens (tertiary/aromatic N) is 4. The van der Waals surface area contributed by atoms with Crippen LogP contribution in [0.1, 0.15) is 30.1 Å². The third kappa shape index (κ3) is 3.45. The molecule has 2 heterocycles. The van der Waals surface area contributed by atoms with Crippen LogP contribution < -0.4 is 0 Å². The second-order valence-corrected chi connectivity index (χ2v) is 6.08. The standard InChI is InChI=1S/C18H24N4O/c1-3-21-13-9-16(10-14-21)20(2)18(23)15-5-7-17(8-6-15)22-12-4-11-19-22/h4-8,11-12,16H,3,9-10,13-14H2,1-2H3. The minimum absolute atomic E-state index is 0.104. The van der Waals surface area contributed by atoms with Gasteiger partial charge in [-0.25, -0.2) is 4.68 Å². The molecular weight excluding hydrogens is 288 g/mol. The first-order valence-electron chi connectivity index (χ1n) is 8.28. The average Bonchev–Trinajstić information content (AvgIpc) is 3.15. The van der Waals surface area contributed by atoms with Gasteiger partial charge in [-0.3, -0.25) is 4.79 Å². The minimum Gasteiger partial charge on any atom is -0.339 e. The third-order valence-corrected chi connectivity index (χ3v) is 4.76. The predicted molar refractivity (Wildman–Crippen MR) is 90.8 cm³/mol. The molecule has 1 aliphatic rings. The van der Waals surface area contributed by atoms with E-state index in [2.05, 4.69) is 16.9 Å². The van der Waals surface area contributed by atoms with Crippen LogP contribution in [0.2, 0.25) is 0 Å². The molecule has 0 aliphatic carbocycles. The van der Waals surface area contributed by atoms with Crippen LogP contribution in [0.4, 0.5) is 0 Å². The Morgan fingerprint density at radius 1 is 1.26 bits per heavy atom. The Morgan fingerprint density at radius 2 is 1.96 bits per heavy atom. The number of hydrogen-bond donors (Lipinski definition) is 0. The van der Waals surface area contributed by atoms with E-state index in [1.54, 1.807) is 10.9 Å². The van der Waals surface area contributed by atoms with E-state index in [4.69, 9.17) is 0 Å². The molecule has 0 unspecified atom stereocenters. The zero-order valence-electron chi connectivity index (χ0n) is 13.9. The van der Waals surface area contributed by atoms with Gasteiger partial charge in [-0.05, 0) is 49.7 Å². The van der Waals surface area contributed by atoms with Crippen molar-refractivity contribution in [1.29, 1.82) is 0 Å². The summed E-state index contributed by atoms with van der Waals surface area (Å²) in [4.78, 5) is 17.0. The van der Waals surface area contributed by atoms with Crippen molar-refractivity contribution in [3.8, 4) is 5.69 Å². The number of rotatable bonds is 4. The van der Waals surface area contributed by atoms with Gasteiger partial charge in [0.25, 0.3) is 5.91 Å². The minimum atomic E-state index is 0.104. The van der Waals surface area contributed by atoms with E-state index >= 15 is 0 Å². The summed E-state index contributed by atoms with van der Waals surface area (Å²) in [5.74, 6) is 0.104. The SMILES string of the molecule is CCN1CCC(N(C)C(=O)c2ccc(-n3cccn3)cc2)CC1. The number of carbonyl (C=O) groups excluding carboxylic acids is 1. The summed E-state index contributed by atoms with van der Waals surface area (Å²) in [5.41, 5.74) is 1.70. The number of likely N-dealkylation sites (tertiary alicyclic amines) is 1. The van der Waals surface area contributed by atoms with Crippen LogP contribution >= 0.6 is 0 Å². The summed E-state index contributed by atoms with van der Waals surface area (Å²) in [7, 11) is 1.93. The lowest BCUT2D eigenvalue weighted by molar-refractivity contribution is 0.0647. The van der Waals surface area contributed by atoms with E-state index in [1.165, 1.54) is 0 Å². The summed E-state index contributed by atoms with van der Waals surface area (Å²) in [6.45, 7) is 5.45. The van der Waals surface area contributed by atoms with E-state index in [9.17, 15) is 4.79 Å². The summed E-state index contributed by atoms with van der Waals surface area (Å²) in [6, 6.07) is 9.88. The quantitative estimate of drug-likeness (QED) is 0.871. The highest BCUT2D eigenvalue weighted by Gasteiger charge is 2.25. The van der Waals surface area contributed by atoms with E-state index in [1.807, 2.05) is 48.5 Å². The number of piperidine rings is 1. The summed E-state index contributed by atoms with van der Waals surface area (Å²) in [6.07, 6.45) is 5.75. The smallest absolute Gasteiger partial charge is 0.253 e. The van der Waals surface area contributed by atoms with Gasteiger partial charge in [0.15, 0.2) is 0 Å². The summed E-state index contributed by atoms with van der Waals surface area (Å²) < 4.78 is 1.79. The molecule has 1 aliphatic heterocycles. The van der Waals surface area contributed by atoms with Gasteiger partial charge in [0, 0.05) is 44.1 Å². The largest absolute Gasteiger partial charge is 0.339 e. The second-order valence-electron chi connectivity index (χ2n) is 6.08. The van der Waals surface area contributed by atoms with Gasteiger partial charge >= 0.3 is 0 Å². The molecule has 0 spiro atoms. The van der Waals surface area contributed by atoms with E-state index in [-0.39, 0.29) is 5.91 Å². The van der Waals surface area contributed by atoms with Gasteiger partial charge in [0.2, 0.25) is 0 Å². The zero-order chi connectivity index (χ0) is 16.2. The fraction of sp³-hybridized carbons (Fsp3) is 0.444. The lowest BCUT2D eigenvalue weighted by Gasteiger charge is -2.36. The molecule has 1 aromatic heterocycles. The molecule has 5 heteroatoms. The molecule has 1 amide bonds. The van der Waals surface area contributed by atoms with Gasteiger partial charge < -0.3 is 9.80 Å². The van der Waals surface area contributed by atoms with E-state index in [0.29, 0.717) is 6.04 Å². The maximum atomic E-state index is 12.7. The lowest BCUT2D eigenvalue weighted by Crippen LogP contribution is -2.45. The first-order chi connectivity index (χ1) is 11.2. The number of aromatic nitrogens is 2. The normalized spacial score (nSPS) is 16.4. The Hall–Kier alpha value is -2.14. The number of benzene rings is 1. The molecule has 23 heavy (non-hydrogen) atoms. The molecule has 0 radical (unpaired) electrons. The maximum absolute atomic E-state index is 12.7. The third-order valence-electron chi connectivity index (χ3n) is 4.76. The van der Waals surface area contributed by atoms with E-state index in [0.717, 1.165) is 43.7 Å². The Kier molecular flexibility index (Phi) is 4.76. The van der Waals surface area contributed by atoms with Crippen LogP contribution in [0.15, 0.2) is 42.7 Å². The Labute approximate surface area is 137 Å². The van der Waals surface area contributed by atoms with Crippen molar-refractivity contribution in [3.63, 3.8) is 0 Å². The summed E-state index contributed by atoms with van der Waals surface area (Å²) >= 11 is 0. The number of hydrogen-bond acceptors (Lipinski definition) is 3. The summed E-state index contributed by atoms with van der Waals surface area (Å²) in [5, 5.41) is 4.20. The highest BCUT2D eigenvalue weighted by molar-refractivity contribution is 5.94. The molecule has 1 fully saturated rings. The Morgan fingerprint density at radius 3 is 2.52 bits per heavy atom. The fourth-order valence-corrected chi connectivity index (χ4v) is 3.17. The highest BCUT2D eigenvalue weighted by atomic mass is 16.2. The highest BCUT2D eigenvalue weighted by Crippen LogP contribution is 2.18. The van der Waals surface area contributed by atoms with E-state index < -0.39 is 0 Å². The Bertz CT molecular complexity index is 628. The van der Waals surface area contributed by atoms with Crippen molar-refractivity contribution in [2.24, 2.45) is 0 Å². The average molecular weight is 312 g/mol. The molecule has 1 saturated heterocycles. The molecular formula is C18H24N4O. The molecule has 122 valence electrons. The lowest BCUT2D eigenvalue weighted by atomic mass is 10.0. The van der Waals surface area contributed by atoms with Gasteiger partial charge in [0.1, 0.15) is 0 Å². The zero-order valence-corrected chi connectivity index (χ0v) is 13.9. The van der Waals surface area contributed by atoms with Crippen LogP contribution in [-0.2, 0) is 0 Å². The van der Waals surface area contributed by atoms with Crippen molar-refractivity contribution in [2.75, 3.05) is 26.7 Å². The molecule has 3 rings (SSSR count). The first-order valence-corrected chi connectivity index (χ1v) is 8.28. The molecule has 5 nitrogen and oxygen atoms in total. The molecule has 0 atom stereocenters. The van der Waals surface area contributed by atoms with Crippen LogP contribution in [-0.4, -0.2) is 58.2 Å². The van der Waals surface area contributed by atoms with Crippen molar-refractivity contribution >= 4 is 5.91 Å². The second kappa shape index (κ2) is 6.96. The molecule has 2 aromatic rings.